The van der Waals surface area contributed by atoms with Gasteiger partial charge in [0.25, 0.3) is 0 Å². The van der Waals surface area contributed by atoms with Gasteiger partial charge in [-0.1, -0.05) is 23.4 Å². The predicted molar refractivity (Wildman–Crippen MR) is 104 cm³/mol. The van der Waals surface area contributed by atoms with E-state index in [4.69, 9.17) is 15.0 Å². The van der Waals surface area contributed by atoms with Crippen molar-refractivity contribution in [1.82, 2.24) is 15.5 Å². The van der Waals surface area contributed by atoms with Crippen molar-refractivity contribution < 1.29 is 13.7 Å². The monoisotopic (exact) mass is 378 g/mol. The first-order chi connectivity index (χ1) is 13.7. The Kier molecular flexibility index (Phi) is 5.05. The Hall–Kier alpha value is -3.61. The van der Waals surface area contributed by atoms with Gasteiger partial charge in [-0.05, 0) is 35.9 Å². The Balaban J connectivity index is 1.36. The van der Waals surface area contributed by atoms with Crippen LogP contribution in [0.5, 0.6) is 5.75 Å². The molecule has 0 spiro atoms. The smallest absolute Gasteiger partial charge is 0.188 e. The molecule has 0 bridgehead atoms. The van der Waals surface area contributed by atoms with Crippen LogP contribution in [0, 0.1) is 0 Å². The fourth-order valence-electron chi connectivity index (χ4n) is 2.82. The van der Waals surface area contributed by atoms with Crippen LogP contribution in [0.2, 0.25) is 0 Å². The van der Waals surface area contributed by atoms with Crippen LogP contribution in [0.1, 0.15) is 11.3 Å². The summed E-state index contributed by atoms with van der Waals surface area (Å²) in [4.78, 5) is 4.06. The first-order valence-corrected chi connectivity index (χ1v) is 8.83. The van der Waals surface area contributed by atoms with E-state index >= 15 is 0 Å². The molecule has 6 nitrogen and oxygen atoms in total. The van der Waals surface area contributed by atoms with Gasteiger partial charge in [0, 0.05) is 30.5 Å². The number of anilines is 1. The van der Waals surface area contributed by atoms with Gasteiger partial charge in [0.05, 0.1) is 11.3 Å². The van der Waals surface area contributed by atoms with Gasteiger partial charge in [-0.25, -0.2) is 9.37 Å². The van der Waals surface area contributed by atoms with E-state index < -0.39 is 6.30 Å². The largest absolute Gasteiger partial charge is 0.489 e. The zero-order valence-electron chi connectivity index (χ0n) is 15.0. The normalized spacial score (nSPS) is 15.8. The number of pyridine rings is 1. The highest BCUT2D eigenvalue weighted by Crippen LogP contribution is 2.25. The molecule has 28 heavy (non-hydrogen) atoms. The van der Waals surface area contributed by atoms with E-state index in [1.807, 2.05) is 36.4 Å². The first-order valence-electron chi connectivity index (χ1n) is 8.83. The molecule has 0 radical (unpaired) electrons. The summed E-state index contributed by atoms with van der Waals surface area (Å²) in [5, 5.41) is 6.71. The fraction of sp³-hybridized carbons (Fsp3) is 0.143. The van der Waals surface area contributed by atoms with Crippen molar-refractivity contribution in [3.63, 3.8) is 0 Å². The number of nitrogens with zero attached hydrogens (tertiary/aromatic N) is 2. The second-order valence-corrected chi connectivity index (χ2v) is 6.37. The number of nitrogen functional groups attached to an aromatic ring is 1. The standard InChI is InChI=1S/C21H19FN4O2/c22-20-8-5-15(12-25-20)13-27-17-6-3-14(4-7-17)10-16-11-19(28-26-16)18-2-1-9-24-21(18)23/h1-9,11-12,20,25H,10,13H2,(H2,23,24). The SMILES string of the molecule is Nc1ncccc1-c1cc(Cc2ccc(OCC3=CNC(F)C=C3)cc2)no1. The van der Waals surface area contributed by atoms with Crippen LogP contribution in [0.3, 0.4) is 0 Å². The van der Waals surface area contributed by atoms with Gasteiger partial charge in [-0.3, -0.25) is 0 Å². The lowest BCUT2D eigenvalue weighted by Gasteiger charge is -2.13. The second kappa shape index (κ2) is 7.96. The summed E-state index contributed by atoms with van der Waals surface area (Å²) in [6.07, 6.45) is 5.92. The summed E-state index contributed by atoms with van der Waals surface area (Å²) in [5.74, 6) is 1.75. The molecule has 1 aliphatic rings. The quantitative estimate of drug-likeness (QED) is 0.637. The molecular weight excluding hydrogens is 359 g/mol. The number of hydrogen-bond acceptors (Lipinski definition) is 6. The van der Waals surface area contributed by atoms with Crippen molar-refractivity contribution in [2.45, 2.75) is 12.7 Å². The lowest BCUT2D eigenvalue weighted by Crippen LogP contribution is -2.20. The number of hydrogen-bond donors (Lipinski definition) is 2. The summed E-state index contributed by atoms with van der Waals surface area (Å²) >= 11 is 0. The molecule has 3 aromatic rings. The molecule has 0 saturated carbocycles. The Morgan fingerprint density at radius 1 is 1.21 bits per heavy atom. The van der Waals surface area contributed by atoms with Crippen molar-refractivity contribution in [3.8, 4) is 17.1 Å². The zero-order chi connectivity index (χ0) is 19.3. The van der Waals surface area contributed by atoms with Gasteiger partial charge >= 0.3 is 0 Å². The average molecular weight is 378 g/mol. The van der Waals surface area contributed by atoms with Gasteiger partial charge in [-0.15, -0.1) is 0 Å². The van der Waals surface area contributed by atoms with Gasteiger partial charge in [0.15, 0.2) is 12.1 Å². The van der Waals surface area contributed by atoms with Gasteiger partial charge in [0.2, 0.25) is 0 Å². The van der Waals surface area contributed by atoms with Gasteiger partial charge in [0.1, 0.15) is 18.2 Å². The number of ether oxygens (including phenoxy) is 1. The molecule has 3 heterocycles. The maximum absolute atomic E-state index is 13.0. The van der Waals surface area contributed by atoms with Crippen LogP contribution in [-0.2, 0) is 6.42 Å². The molecule has 1 unspecified atom stereocenters. The average Bonchev–Trinajstić information content (AvgIpc) is 3.17. The Morgan fingerprint density at radius 3 is 2.82 bits per heavy atom. The summed E-state index contributed by atoms with van der Waals surface area (Å²) in [7, 11) is 0. The molecule has 1 atom stereocenters. The number of benzene rings is 1. The van der Waals surface area contributed by atoms with Gasteiger partial charge in [-0.2, -0.15) is 0 Å². The Bertz CT molecular complexity index is 1010. The second-order valence-electron chi connectivity index (χ2n) is 6.37. The van der Waals surface area contributed by atoms with Gasteiger partial charge < -0.3 is 20.3 Å². The molecule has 0 saturated heterocycles. The molecular formula is C21H19FN4O2. The van der Waals surface area contributed by atoms with Crippen LogP contribution in [0.15, 0.2) is 77.1 Å². The highest BCUT2D eigenvalue weighted by atomic mass is 19.1. The summed E-state index contributed by atoms with van der Waals surface area (Å²) in [5.41, 5.74) is 9.36. The minimum Gasteiger partial charge on any atom is -0.489 e. The minimum absolute atomic E-state index is 0.370. The van der Waals surface area contributed by atoms with E-state index in [1.165, 1.54) is 6.08 Å². The van der Waals surface area contributed by atoms with Crippen LogP contribution in [0.25, 0.3) is 11.3 Å². The topological polar surface area (TPSA) is 86.2 Å². The van der Waals surface area contributed by atoms with Crippen molar-refractivity contribution in [2.24, 2.45) is 0 Å². The maximum Gasteiger partial charge on any atom is 0.188 e. The van der Waals surface area contributed by atoms with Crippen LogP contribution in [-0.4, -0.2) is 23.0 Å². The highest BCUT2D eigenvalue weighted by molar-refractivity contribution is 5.69. The van der Waals surface area contributed by atoms with Crippen molar-refractivity contribution in [1.29, 1.82) is 0 Å². The molecule has 4 rings (SSSR count). The number of nitrogens with one attached hydrogen (secondary N) is 1. The minimum atomic E-state index is -1.13. The van der Waals surface area contributed by atoms with Crippen molar-refractivity contribution >= 4 is 5.82 Å². The van der Waals surface area contributed by atoms with E-state index in [-0.39, 0.29) is 0 Å². The molecule has 0 amide bonds. The zero-order valence-corrected chi connectivity index (χ0v) is 15.0. The van der Waals surface area contributed by atoms with Crippen LogP contribution >= 0.6 is 0 Å². The molecule has 2 aromatic heterocycles. The van der Waals surface area contributed by atoms with E-state index in [0.717, 1.165) is 28.1 Å². The number of nitrogens with two attached hydrogens (primary N) is 1. The van der Waals surface area contributed by atoms with E-state index in [1.54, 1.807) is 24.5 Å². The van der Waals surface area contributed by atoms with E-state index in [9.17, 15) is 4.39 Å². The third-order valence-electron chi connectivity index (χ3n) is 4.28. The fourth-order valence-corrected chi connectivity index (χ4v) is 2.82. The predicted octanol–water partition coefficient (Wildman–Crippen LogP) is 3.63. The summed E-state index contributed by atoms with van der Waals surface area (Å²) < 4.78 is 24.1. The van der Waals surface area contributed by atoms with E-state index in [2.05, 4.69) is 15.5 Å². The lowest BCUT2D eigenvalue weighted by atomic mass is 10.1. The molecule has 3 N–H and O–H groups in total. The highest BCUT2D eigenvalue weighted by Gasteiger charge is 2.11. The molecule has 142 valence electrons. The molecule has 1 aromatic carbocycles. The van der Waals surface area contributed by atoms with Crippen molar-refractivity contribution in [3.05, 3.63) is 83.8 Å². The number of rotatable bonds is 6. The Morgan fingerprint density at radius 2 is 2.07 bits per heavy atom. The third kappa shape index (κ3) is 4.20. The molecule has 0 aliphatic carbocycles. The number of alkyl halides is 1. The summed E-state index contributed by atoms with van der Waals surface area (Å²) in [6.45, 7) is 0.370. The molecule has 0 fully saturated rings. The van der Waals surface area contributed by atoms with Crippen molar-refractivity contribution in [2.75, 3.05) is 12.3 Å². The molecule has 7 heteroatoms. The lowest BCUT2D eigenvalue weighted by molar-refractivity contribution is 0.340. The number of halogens is 1. The Labute approximate surface area is 161 Å². The summed E-state index contributed by atoms with van der Waals surface area (Å²) in [6, 6.07) is 13.3. The third-order valence-corrected chi connectivity index (χ3v) is 4.28. The number of dihydropyridines is 1. The number of aromatic nitrogens is 2. The first kappa shape index (κ1) is 17.8. The van der Waals surface area contributed by atoms with Crippen LogP contribution < -0.4 is 15.8 Å². The molecule has 1 aliphatic heterocycles. The maximum atomic E-state index is 13.0. The van der Waals surface area contributed by atoms with Crippen LogP contribution in [0.4, 0.5) is 10.2 Å². The van der Waals surface area contributed by atoms with E-state index in [0.29, 0.717) is 24.6 Å².